The van der Waals surface area contributed by atoms with E-state index in [1.807, 2.05) is 47.2 Å². The van der Waals surface area contributed by atoms with E-state index in [0.29, 0.717) is 41.2 Å². The van der Waals surface area contributed by atoms with Crippen LogP contribution in [0.2, 0.25) is 15.1 Å². The number of hydrogen-bond acceptors (Lipinski definition) is 4. The monoisotopic (exact) mass is 562 g/mol. The number of nitrogens with zero attached hydrogens (tertiary/aromatic N) is 4. The Morgan fingerprint density at radius 3 is 2.38 bits per heavy atom. The minimum absolute atomic E-state index is 0.0417. The van der Waals surface area contributed by atoms with Gasteiger partial charge in [0, 0.05) is 69.1 Å². The van der Waals surface area contributed by atoms with Crippen LogP contribution in [-0.4, -0.2) is 66.4 Å². The highest BCUT2D eigenvalue weighted by Crippen LogP contribution is 2.47. The van der Waals surface area contributed by atoms with E-state index in [9.17, 15) is 9.59 Å². The van der Waals surface area contributed by atoms with Crippen molar-refractivity contribution < 1.29 is 9.59 Å². The van der Waals surface area contributed by atoms with E-state index >= 15 is 0 Å². The molecular formula is C28H33Cl3N4O2. The maximum Gasteiger partial charge on any atom is 0.228 e. The molecule has 0 unspecified atom stereocenters. The van der Waals surface area contributed by atoms with Gasteiger partial charge in [-0.05, 0) is 55.5 Å². The van der Waals surface area contributed by atoms with Crippen LogP contribution in [-0.2, 0) is 9.59 Å². The lowest BCUT2D eigenvalue weighted by Gasteiger charge is -2.34. The first-order chi connectivity index (χ1) is 17.6. The molecule has 0 N–H and O–H groups in total. The van der Waals surface area contributed by atoms with Crippen molar-refractivity contribution in [2.24, 2.45) is 17.3 Å². The van der Waals surface area contributed by atoms with Crippen molar-refractivity contribution in [2.45, 2.75) is 38.5 Å². The molecule has 0 bridgehead atoms. The number of likely N-dealkylation sites (tertiary alicyclic amines) is 2. The molecule has 3 heterocycles. The average molecular weight is 564 g/mol. The number of aromatic nitrogens is 1. The van der Waals surface area contributed by atoms with Gasteiger partial charge in [-0.25, -0.2) is 4.98 Å². The van der Waals surface area contributed by atoms with Crippen molar-refractivity contribution in [3.8, 4) is 0 Å². The predicted octanol–water partition coefficient (Wildman–Crippen LogP) is 5.76. The van der Waals surface area contributed by atoms with Crippen molar-refractivity contribution in [1.82, 2.24) is 14.8 Å². The summed E-state index contributed by atoms with van der Waals surface area (Å²) in [5.74, 6) is 1.58. The summed E-state index contributed by atoms with van der Waals surface area (Å²) >= 11 is 18.6. The highest BCUT2D eigenvalue weighted by Gasteiger charge is 2.48. The molecule has 1 saturated carbocycles. The molecule has 2 aliphatic heterocycles. The zero-order chi connectivity index (χ0) is 26.3. The molecular weight excluding hydrogens is 531 g/mol. The van der Waals surface area contributed by atoms with Crippen LogP contribution in [0.3, 0.4) is 0 Å². The van der Waals surface area contributed by atoms with Crippen LogP contribution in [0.1, 0.15) is 44.1 Å². The fourth-order valence-electron chi connectivity index (χ4n) is 5.77. The summed E-state index contributed by atoms with van der Waals surface area (Å²) in [7, 11) is 2.01. The van der Waals surface area contributed by atoms with Gasteiger partial charge in [-0.3, -0.25) is 9.59 Å². The Morgan fingerprint density at radius 2 is 1.76 bits per heavy atom. The van der Waals surface area contributed by atoms with Crippen molar-refractivity contribution in [1.29, 1.82) is 0 Å². The number of halogens is 3. The summed E-state index contributed by atoms with van der Waals surface area (Å²) in [4.78, 5) is 37.0. The first kappa shape index (κ1) is 26.6. The largest absolute Gasteiger partial charge is 0.359 e. The minimum atomic E-state index is -0.156. The van der Waals surface area contributed by atoms with Crippen LogP contribution in [0.25, 0.3) is 0 Å². The van der Waals surface area contributed by atoms with Gasteiger partial charge in [0.25, 0.3) is 0 Å². The summed E-state index contributed by atoms with van der Waals surface area (Å²) in [5, 5.41) is 1.65. The van der Waals surface area contributed by atoms with Crippen LogP contribution < -0.4 is 4.90 Å². The molecule has 3 fully saturated rings. The van der Waals surface area contributed by atoms with Crippen molar-refractivity contribution >= 4 is 52.4 Å². The van der Waals surface area contributed by atoms with Gasteiger partial charge in [-0.2, -0.15) is 0 Å². The number of hydrogen-bond donors (Lipinski definition) is 0. The molecule has 0 radical (unpaired) electrons. The number of benzene rings is 1. The summed E-state index contributed by atoms with van der Waals surface area (Å²) < 4.78 is 0. The third kappa shape index (κ3) is 5.71. The summed E-state index contributed by atoms with van der Waals surface area (Å²) in [5.41, 5.74) is 0.933. The second kappa shape index (κ2) is 10.6. The molecule has 9 heteroatoms. The number of rotatable bonds is 6. The highest BCUT2D eigenvalue weighted by molar-refractivity contribution is 6.42. The normalized spacial score (nSPS) is 23.3. The Hall–Kier alpha value is -2.02. The molecule has 3 aliphatic rings. The Balaban J connectivity index is 1.29. The van der Waals surface area contributed by atoms with Crippen molar-refractivity contribution in [3.63, 3.8) is 0 Å². The number of carbonyl (C=O) groups excluding carboxylic acids is 2. The number of piperidine rings is 1. The third-order valence-corrected chi connectivity index (χ3v) is 9.35. The van der Waals surface area contributed by atoms with Gasteiger partial charge in [0.2, 0.25) is 11.8 Å². The van der Waals surface area contributed by atoms with Gasteiger partial charge in [-0.1, -0.05) is 47.8 Å². The van der Waals surface area contributed by atoms with E-state index in [1.54, 1.807) is 6.20 Å². The fourth-order valence-corrected chi connectivity index (χ4v) is 6.19. The molecule has 2 aromatic rings. The maximum atomic E-state index is 13.7. The van der Waals surface area contributed by atoms with Crippen LogP contribution in [0.4, 0.5) is 5.82 Å². The molecule has 2 atom stereocenters. The Bertz CT molecular complexity index is 1160. The van der Waals surface area contributed by atoms with Gasteiger partial charge in [0.15, 0.2) is 0 Å². The lowest BCUT2D eigenvalue weighted by Crippen LogP contribution is -2.46. The standard InChI is InChI=1S/C28H33Cl3N4O2/c1-28(9-10-28)27(37)34-11-7-18(8-12-34)26(36)35-16-20(15-33(2)25-6-4-21(29)14-32-25)22(17-35)19-3-5-23(30)24(31)13-19/h3-6,13-14,18,20,22H,7-12,15-17H2,1-2H3/t20-,22+/m1/s1. The highest BCUT2D eigenvalue weighted by atomic mass is 35.5. The van der Waals surface area contributed by atoms with Crippen LogP contribution >= 0.6 is 34.8 Å². The van der Waals surface area contributed by atoms with Gasteiger partial charge in [0.05, 0.1) is 15.1 Å². The molecule has 1 aromatic heterocycles. The number of carbonyl (C=O) groups is 2. The van der Waals surface area contributed by atoms with Crippen molar-refractivity contribution in [2.75, 3.05) is 44.7 Å². The Kier molecular flexibility index (Phi) is 7.63. The van der Waals surface area contributed by atoms with Crippen LogP contribution in [0.15, 0.2) is 36.5 Å². The van der Waals surface area contributed by atoms with E-state index < -0.39 is 0 Å². The number of pyridine rings is 1. The SMILES string of the molecule is CN(C[C@@H]1CN(C(=O)C2CCN(C(=O)C3(C)CC3)CC2)C[C@H]1c1ccc(Cl)c(Cl)c1)c1ccc(Cl)cn1. The second-order valence-corrected chi connectivity index (χ2v) is 12.4. The predicted molar refractivity (Wildman–Crippen MR) is 148 cm³/mol. The topological polar surface area (TPSA) is 56.8 Å². The van der Waals surface area contributed by atoms with Crippen LogP contribution in [0, 0.1) is 17.3 Å². The summed E-state index contributed by atoms with van der Waals surface area (Å²) in [6.07, 6.45) is 5.07. The zero-order valence-electron chi connectivity index (χ0n) is 21.3. The zero-order valence-corrected chi connectivity index (χ0v) is 23.6. The first-order valence-corrected chi connectivity index (χ1v) is 14.1. The fraction of sp³-hybridized carbons (Fsp3) is 0.536. The Labute approximate surface area is 233 Å². The molecule has 2 amide bonds. The lowest BCUT2D eigenvalue weighted by atomic mass is 9.88. The minimum Gasteiger partial charge on any atom is -0.359 e. The van der Waals surface area contributed by atoms with Gasteiger partial charge in [0.1, 0.15) is 5.82 Å². The van der Waals surface area contributed by atoms with E-state index in [4.69, 9.17) is 34.8 Å². The van der Waals surface area contributed by atoms with Gasteiger partial charge in [-0.15, -0.1) is 0 Å². The smallest absolute Gasteiger partial charge is 0.228 e. The quantitative estimate of drug-likeness (QED) is 0.449. The molecule has 1 aromatic carbocycles. The molecule has 1 aliphatic carbocycles. The molecule has 198 valence electrons. The maximum absolute atomic E-state index is 13.7. The summed E-state index contributed by atoms with van der Waals surface area (Å²) in [6, 6.07) is 9.52. The second-order valence-electron chi connectivity index (χ2n) is 11.1. The molecule has 6 nitrogen and oxygen atoms in total. The van der Waals surface area contributed by atoms with E-state index in [2.05, 4.69) is 16.8 Å². The number of amides is 2. The Morgan fingerprint density at radius 1 is 1.03 bits per heavy atom. The average Bonchev–Trinajstić information content (AvgIpc) is 3.52. The van der Waals surface area contributed by atoms with E-state index in [-0.39, 0.29) is 35.0 Å². The van der Waals surface area contributed by atoms with Gasteiger partial charge >= 0.3 is 0 Å². The molecule has 0 spiro atoms. The first-order valence-electron chi connectivity index (χ1n) is 13.0. The van der Waals surface area contributed by atoms with E-state index in [0.717, 1.165) is 43.6 Å². The summed E-state index contributed by atoms with van der Waals surface area (Å²) in [6.45, 7) is 5.43. The van der Waals surface area contributed by atoms with Gasteiger partial charge < -0.3 is 14.7 Å². The molecule has 2 saturated heterocycles. The lowest BCUT2D eigenvalue weighted by molar-refractivity contribution is -0.142. The molecule has 37 heavy (non-hydrogen) atoms. The van der Waals surface area contributed by atoms with Crippen LogP contribution in [0.5, 0.6) is 0 Å². The number of anilines is 1. The van der Waals surface area contributed by atoms with E-state index in [1.165, 1.54) is 0 Å². The third-order valence-electron chi connectivity index (χ3n) is 8.38. The molecule has 5 rings (SSSR count). The van der Waals surface area contributed by atoms with Crippen molar-refractivity contribution in [3.05, 3.63) is 57.2 Å².